The van der Waals surface area contributed by atoms with Gasteiger partial charge >= 0.3 is 0 Å². The van der Waals surface area contributed by atoms with E-state index in [2.05, 4.69) is 10.3 Å². The van der Waals surface area contributed by atoms with Gasteiger partial charge < -0.3 is 10.1 Å². The van der Waals surface area contributed by atoms with Crippen LogP contribution in [0.1, 0.15) is 35.0 Å². The molecule has 1 N–H and O–H groups in total. The number of amides is 1. The molecule has 1 heterocycles. The van der Waals surface area contributed by atoms with Crippen molar-refractivity contribution in [3.63, 3.8) is 0 Å². The number of ether oxygens (including phenoxy) is 1. The number of benzene rings is 2. The molecule has 0 fully saturated rings. The van der Waals surface area contributed by atoms with Crippen LogP contribution in [0, 0.1) is 12.7 Å². The smallest absolute Gasteiger partial charge is 0.270 e. The van der Waals surface area contributed by atoms with Gasteiger partial charge in [-0.25, -0.2) is 9.37 Å². The molecule has 3 rings (SSSR count). The Bertz CT molecular complexity index is 939. The molecule has 0 atom stereocenters. The molecular weight excluding hydrogens is 363 g/mol. The maximum absolute atomic E-state index is 14.5. The molecule has 0 saturated carbocycles. The summed E-state index contributed by atoms with van der Waals surface area (Å²) >= 11 is 1.24. The highest BCUT2D eigenvalue weighted by Crippen LogP contribution is 2.29. The van der Waals surface area contributed by atoms with Gasteiger partial charge in [-0.3, -0.25) is 4.79 Å². The molecule has 0 unspecified atom stereocenters. The van der Waals surface area contributed by atoms with E-state index in [0.717, 1.165) is 17.5 Å². The molecule has 0 saturated heterocycles. The summed E-state index contributed by atoms with van der Waals surface area (Å²) in [6.07, 6.45) is 0.849. The lowest BCUT2D eigenvalue weighted by Crippen LogP contribution is -2.24. The Labute approximate surface area is 162 Å². The van der Waals surface area contributed by atoms with Crippen LogP contribution in [-0.4, -0.2) is 17.4 Å². The van der Waals surface area contributed by atoms with Crippen molar-refractivity contribution in [1.29, 1.82) is 0 Å². The van der Waals surface area contributed by atoms with Crippen molar-refractivity contribution in [1.82, 2.24) is 10.3 Å². The SMILES string of the molecule is CCCNC(=O)c1csc(-c2ccc(OCc3cccc(C)c3)cc2F)n1. The summed E-state index contributed by atoms with van der Waals surface area (Å²) < 4.78 is 20.2. The average molecular weight is 384 g/mol. The average Bonchev–Trinajstić information content (AvgIpc) is 3.14. The summed E-state index contributed by atoms with van der Waals surface area (Å²) in [5.74, 6) is -0.209. The molecule has 0 aliphatic rings. The van der Waals surface area contributed by atoms with Gasteiger partial charge in [0.2, 0.25) is 0 Å². The minimum absolute atomic E-state index is 0.238. The number of carbonyl (C=O) groups excluding carboxylic acids is 1. The summed E-state index contributed by atoms with van der Waals surface area (Å²) in [7, 11) is 0. The Balaban J connectivity index is 1.69. The standard InChI is InChI=1S/C21H21FN2O2S/c1-3-9-23-20(25)19-13-27-21(24-19)17-8-7-16(11-18(17)22)26-12-15-6-4-5-14(2)10-15/h4-8,10-11,13H,3,9,12H2,1-2H3,(H,23,25). The molecular formula is C21H21FN2O2S. The quantitative estimate of drug-likeness (QED) is 0.625. The maximum Gasteiger partial charge on any atom is 0.270 e. The van der Waals surface area contributed by atoms with Gasteiger partial charge in [-0.15, -0.1) is 11.3 Å². The van der Waals surface area contributed by atoms with E-state index in [1.54, 1.807) is 17.5 Å². The van der Waals surface area contributed by atoms with Crippen LogP contribution in [0.5, 0.6) is 5.75 Å². The van der Waals surface area contributed by atoms with Gasteiger partial charge in [-0.2, -0.15) is 0 Å². The Morgan fingerprint density at radius 1 is 1.26 bits per heavy atom. The lowest BCUT2D eigenvalue weighted by atomic mass is 10.1. The first-order valence-corrected chi connectivity index (χ1v) is 9.66. The zero-order valence-electron chi connectivity index (χ0n) is 15.3. The minimum atomic E-state index is -0.424. The fourth-order valence-corrected chi connectivity index (χ4v) is 3.39. The van der Waals surface area contributed by atoms with E-state index in [4.69, 9.17) is 4.74 Å². The lowest BCUT2D eigenvalue weighted by molar-refractivity contribution is 0.0949. The van der Waals surface area contributed by atoms with Crippen LogP contribution in [0.2, 0.25) is 0 Å². The monoisotopic (exact) mass is 384 g/mol. The van der Waals surface area contributed by atoms with Gasteiger partial charge in [0.15, 0.2) is 0 Å². The molecule has 1 amide bonds. The van der Waals surface area contributed by atoms with E-state index in [-0.39, 0.29) is 5.91 Å². The van der Waals surface area contributed by atoms with Crippen molar-refractivity contribution >= 4 is 17.2 Å². The second kappa shape index (κ2) is 8.77. The van der Waals surface area contributed by atoms with E-state index in [1.165, 1.54) is 17.4 Å². The van der Waals surface area contributed by atoms with Crippen LogP contribution in [-0.2, 0) is 6.61 Å². The van der Waals surface area contributed by atoms with E-state index in [0.29, 0.717) is 35.2 Å². The van der Waals surface area contributed by atoms with Gasteiger partial charge in [0.25, 0.3) is 5.91 Å². The van der Waals surface area contributed by atoms with E-state index in [9.17, 15) is 9.18 Å². The number of nitrogens with zero attached hydrogens (tertiary/aromatic N) is 1. The summed E-state index contributed by atoms with van der Waals surface area (Å²) in [5, 5.41) is 4.88. The highest BCUT2D eigenvalue weighted by Gasteiger charge is 2.14. The molecule has 140 valence electrons. The third kappa shape index (κ3) is 4.92. The van der Waals surface area contributed by atoms with Crippen molar-refractivity contribution in [3.8, 4) is 16.3 Å². The van der Waals surface area contributed by atoms with E-state index < -0.39 is 5.82 Å². The van der Waals surface area contributed by atoms with Crippen molar-refractivity contribution in [3.05, 3.63) is 70.5 Å². The zero-order chi connectivity index (χ0) is 19.2. The molecule has 0 aliphatic carbocycles. The number of hydrogen-bond donors (Lipinski definition) is 1. The van der Waals surface area contributed by atoms with E-state index in [1.807, 2.05) is 38.1 Å². The summed E-state index contributed by atoms with van der Waals surface area (Å²) in [5.41, 5.74) is 2.85. The molecule has 2 aromatic carbocycles. The highest BCUT2D eigenvalue weighted by atomic mass is 32.1. The topological polar surface area (TPSA) is 51.2 Å². The fraction of sp³-hybridized carbons (Fsp3) is 0.238. The number of aromatic nitrogens is 1. The first-order chi connectivity index (χ1) is 13.1. The Kier molecular flexibility index (Phi) is 6.19. The van der Waals surface area contributed by atoms with E-state index >= 15 is 0 Å². The first kappa shape index (κ1) is 19.0. The van der Waals surface area contributed by atoms with Gasteiger partial charge in [0, 0.05) is 23.6 Å². The van der Waals surface area contributed by atoms with Crippen LogP contribution in [0.15, 0.2) is 47.8 Å². The molecule has 4 nitrogen and oxygen atoms in total. The third-order valence-electron chi connectivity index (χ3n) is 3.93. The van der Waals surface area contributed by atoms with Crippen LogP contribution >= 0.6 is 11.3 Å². The van der Waals surface area contributed by atoms with Crippen molar-refractivity contribution in [2.75, 3.05) is 6.54 Å². The first-order valence-electron chi connectivity index (χ1n) is 8.79. The number of aryl methyl sites for hydroxylation is 1. The van der Waals surface area contributed by atoms with Crippen LogP contribution in [0.25, 0.3) is 10.6 Å². The fourth-order valence-electron chi connectivity index (χ4n) is 2.56. The number of hydrogen-bond acceptors (Lipinski definition) is 4. The summed E-state index contributed by atoms with van der Waals surface area (Å²) in [6, 6.07) is 12.7. The van der Waals surface area contributed by atoms with Crippen LogP contribution < -0.4 is 10.1 Å². The summed E-state index contributed by atoms with van der Waals surface area (Å²) in [6.45, 7) is 4.96. The van der Waals surface area contributed by atoms with Gasteiger partial charge in [0.1, 0.15) is 28.9 Å². The molecule has 3 aromatic rings. The predicted octanol–water partition coefficient (Wildman–Crippen LogP) is 4.98. The number of halogens is 1. The van der Waals surface area contributed by atoms with Crippen molar-refractivity contribution in [2.45, 2.75) is 26.9 Å². The van der Waals surface area contributed by atoms with Crippen LogP contribution in [0.4, 0.5) is 4.39 Å². The minimum Gasteiger partial charge on any atom is -0.489 e. The highest BCUT2D eigenvalue weighted by molar-refractivity contribution is 7.13. The predicted molar refractivity (Wildman–Crippen MR) is 106 cm³/mol. The lowest BCUT2D eigenvalue weighted by Gasteiger charge is -2.08. The molecule has 6 heteroatoms. The molecule has 0 aliphatic heterocycles. The Hall–Kier alpha value is -2.73. The third-order valence-corrected chi connectivity index (χ3v) is 4.81. The Morgan fingerprint density at radius 2 is 2.11 bits per heavy atom. The second-order valence-corrected chi connectivity index (χ2v) is 7.07. The summed E-state index contributed by atoms with van der Waals surface area (Å²) in [4.78, 5) is 16.2. The molecule has 0 bridgehead atoms. The van der Waals surface area contributed by atoms with Crippen molar-refractivity contribution in [2.24, 2.45) is 0 Å². The largest absolute Gasteiger partial charge is 0.489 e. The van der Waals surface area contributed by atoms with Gasteiger partial charge in [-0.1, -0.05) is 36.8 Å². The number of carbonyl (C=O) groups is 1. The molecule has 1 aromatic heterocycles. The normalized spacial score (nSPS) is 10.6. The zero-order valence-corrected chi connectivity index (χ0v) is 16.1. The maximum atomic E-state index is 14.5. The molecule has 0 spiro atoms. The van der Waals surface area contributed by atoms with Gasteiger partial charge in [0.05, 0.1) is 0 Å². The molecule has 27 heavy (non-hydrogen) atoms. The second-order valence-electron chi connectivity index (χ2n) is 6.21. The van der Waals surface area contributed by atoms with Crippen LogP contribution in [0.3, 0.4) is 0 Å². The number of rotatable bonds is 7. The molecule has 0 radical (unpaired) electrons. The van der Waals surface area contributed by atoms with Gasteiger partial charge in [-0.05, 0) is 31.0 Å². The number of thiazole rings is 1. The van der Waals surface area contributed by atoms with Crippen molar-refractivity contribution < 1.29 is 13.9 Å². The Morgan fingerprint density at radius 3 is 2.85 bits per heavy atom. The number of nitrogens with one attached hydrogen (secondary N) is 1.